The minimum atomic E-state index is -0.559. The molecule has 1 aromatic carbocycles. The van der Waals surface area contributed by atoms with Crippen LogP contribution in [0.25, 0.3) is 0 Å². The van der Waals surface area contributed by atoms with Gasteiger partial charge in [0.05, 0.1) is 0 Å². The first-order valence-corrected chi connectivity index (χ1v) is 7.46. The lowest BCUT2D eigenvalue weighted by Crippen LogP contribution is -2.32. The lowest BCUT2D eigenvalue weighted by Gasteiger charge is -2.13. The first kappa shape index (κ1) is 15.5. The zero-order valence-electron chi connectivity index (χ0n) is 12.6. The van der Waals surface area contributed by atoms with Gasteiger partial charge in [0.1, 0.15) is 6.04 Å². The molecule has 1 saturated heterocycles. The molecule has 21 heavy (non-hydrogen) atoms. The third-order valence-electron chi connectivity index (χ3n) is 3.80. The molecule has 5 nitrogen and oxygen atoms in total. The topological polar surface area (TPSA) is 75.4 Å². The van der Waals surface area contributed by atoms with Crippen molar-refractivity contribution < 1.29 is 9.59 Å². The molecule has 2 rings (SSSR count). The Morgan fingerprint density at radius 2 is 1.86 bits per heavy atom. The van der Waals surface area contributed by atoms with E-state index >= 15 is 0 Å². The van der Waals surface area contributed by atoms with Crippen molar-refractivity contribution >= 4 is 11.9 Å². The summed E-state index contributed by atoms with van der Waals surface area (Å²) >= 11 is 0. The van der Waals surface area contributed by atoms with E-state index in [1.807, 2.05) is 24.3 Å². The van der Waals surface area contributed by atoms with Crippen LogP contribution < -0.4 is 11.1 Å². The fourth-order valence-electron chi connectivity index (χ4n) is 2.44. The molecule has 1 aliphatic heterocycles. The van der Waals surface area contributed by atoms with Crippen LogP contribution in [0.2, 0.25) is 0 Å². The quantitative estimate of drug-likeness (QED) is 0.622. The number of hydrogen-bond donors (Lipinski definition) is 2. The molecule has 1 atom stereocenters. The van der Waals surface area contributed by atoms with Gasteiger partial charge in [-0.05, 0) is 36.4 Å². The number of unbranched alkanes of at least 4 members (excludes halogenated alkanes) is 1. The molecule has 1 heterocycles. The lowest BCUT2D eigenvalue weighted by atomic mass is 9.99. The number of urea groups is 1. The molecule has 0 aliphatic carbocycles. The van der Waals surface area contributed by atoms with E-state index < -0.39 is 6.04 Å². The molecule has 5 heteroatoms. The Hall–Kier alpha value is -1.88. The Morgan fingerprint density at radius 1 is 1.19 bits per heavy atom. The highest BCUT2D eigenvalue weighted by atomic mass is 16.2. The molecule has 0 saturated carbocycles. The van der Waals surface area contributed by atoms with Gasteiger partial charge in [0.2, 0.25) is 0 Å². The van der Waals surface area contributed by atoms with E-state index in [0.717, 1.165) is 18.4 Å². The van der Waals surface area contributed by atoms with Gasteiger partial charge in [-0.15, -0.1) is 0 Å². The van der Waals surface area contributed by atoms with E-state index in [-0.39, 0.29) is 11.9 Å². The van der Waals surface area contributed by atoms with Crippen LogP contribution in [0, 0.1) is 0 Å². The lowest BCUT2D eigenvalue weighted by molar-refractivity contribution is -0.127. The molecule has 0 spiro atoms. The third kappa shape index (κ3) is 3.42. The minimum absolute atomic E-state index is 0.172. The van der Waals surface area contributed by atoms with Crippen molar-refractivity contribution in [3.63, 3.8) is 0 Å². The number of carbonyl (C=O) groups is 2. The van der Waals surface area contributed by atoms with E-state index in [1.165, 1.54) is 10.5 Å². The van der Waals surface area contributed by atoms with Gasteiger partial charge in [-0.25, -0.2) is 4.79 Å². The fourth-order valence-corrected chi connectivity index (χ4v) is 2.44. The maximum absolute atomic E-state index is 12.3. The molecule has 1 fully saturated rings. The van der Waals surface area contributed by atoms with Crippen LogP contribution in [0.4, 0.5) is 4.79 Å². The molecular formula is C16H23N3O2. The summed E-state index contributed by atoms with van der Waals surface area (Å²) in [6.45, 7) is 5.25. The maximum Gasteiger partial charge on any atom is 0.325 e. The minimum Gasteiger partial charge on any atom is -0.330 e. The molecular weight excluding hydrogens is 266 g/mol. The van der Waals surface area contributed by atoms with Gasteiger partial charge in [-0.1, -0.05) is 38.1 Å². The second-order valence-electron chi connectivity index (χ2n) is 5.69. The fraction of sp³-hybridized carbons (Fsp3) is 0.500. The van der Waals surface area contributed by atoms with Crippen molar-refractivity contribution in [2.24, 2.45) is 5.73 Å². The Bertz CT molecular complexity index is 511. The summed E-state index contributed by atoms with van der Waals surface area (Å²) in [6, 6.07) is 6.99. The summed E-state index contributed by atoms with van der Waals surface area (Å²) in [5.74, 6) is 0.273. The average molecular weight is 289 g/mol. The first-order chi connectivity index (χ1) is 10.0. The Balaban J connectivity index is 2.07. The summed E-state index contributed by atoms with van der Waals surface area (Å²) < 4.78 is 0. The van der Waals surface area contributed by atoms with Crippen molar-refractivity contribution in [1.29, 1.82) is 0 Å². The molecule has 0 bridgehead atoms. The highest BCUT2D eigenvalue weighted by Crippen LogP contribution is 2.24. The number of carbonyl (C=O) groups excluding carboxylic acids is 2. The molecule has 0 radical (unpaired) electrons. The molecule has 114 valence electrons. The van der Waals surface area contributed by atoms with E-state index in [4.69, 9.17) is 5.73 Å². The number of benzene rings is 1. The number of hydrogen-bond acceptors (Lipinski definition) is 3. The van der Waals surface area contributed by atoms with Gasteiger partial charge in [0.25, 0.3) is 5.91 Å². The van der Waals surface area contributed by atoms with Crippen molar-refractivity contribution in [2.75, 3.05) is 13.1 Å². The molecule has 0 aromatic heterocycles. The molecule has 1 aliphatic rings. The van der Waals surface area contributed by atoms with Crippen molar-refractivity contribution in [3.8, 4) is 0 Å². The van der Waals surface area contributed by atoms with Crippen LogP contribution in [-0.4, -0.2) is 29.9 Å². The van der Waals surface area contributed by atoms with E-state index in [2.05, 4.69) is 19.2 Å². The number of nitrogens with two attached hydrogens (primary N) is 1. The smallest absolute Gasteiger partial charge is 0.325 e. The van der Waals surface area contributed by atoms with E-state index in [9.17, 15) is 9.59 Å². The Labute approximate surface area is 125 Å². The standard InChI is InChI=1S/C16H23N3O2/c1-11(2)12-5-7-13(8-6-12)14-15(20)19(16(21)18-14)10-4-3-9-17/h5-8,11,14H,3-4,9-10,17H2,1-2H3,(H,18,21). The Kier molecular flexibility index (Phi) is 4.96. The second kappa shape index (κ2) is 6.72. The summed E-state index contributed by atoms with van der Waals surface area (Å²) in [6.07, 6.45) is 1.56. The highest BCUT2D eigenvalue weighted by Gasteiger charge is 2.38. The number of amides is 3. The second-order valence-corrected chi connectivity index (χ2v) is 5.69. The van der Waals surface area contributed by atoms with Crippen LogP contribution in [-0.2, 0) is 4.79 Å². The normalized spacial score (nSPS) is 18.5. The number of nitrogens with zero attached hydrogens (tertiary/aromatic N) is 1. The first-order valence-electron chi connectivity index (χ1n) is 7.46. The number of nitrogens with one attached hydrogen (secondary N) is 1. The molecule has 3 amide bonds. The van der Waals surface area contributed by atoms with Gasteiger partial charge < -0.3 is 11.1 Å². The van der Waals surface area contributed by atoms with E-state index in [0.29, 0.717) is 19.0 Å². The average Bonchev–Trinajstić information content (AvgIpc) is 2.75. The van der Waals surface area contributed by atoms with E-state index in [1.54, 1.807) is 0 Å². The molecule has 3 N–H and O–H groups in total. The van der Waals surface area contributed by atoms with Gasteiger partial charge in [-0.3, -0.25) is 9.69 Å². The summed E-state index contributed by atoms with van der Waals surface area (Å²) in [7, 11) is 0. The van der Waals surface area contributed by atoms with Gasteiger partial charge in [0, 0.05) is 6.54 Å². The summed E-state index contributed by atoms with van der Waals surface area (Å²) in [4.78, 5) is 25.5. The number of imide groups is 1. The van der Waals surface area contributed by atoms with Crippen molar-refractivity contribution in [3.05, 3.63) is 35.4 Å². The van der Waals surface area contributed by atoms with Crippen LogP contribution in [0.3, 0.4) is 0 Å². The van der Waals surface area contributed by atoms with Crippen LogP contribution >= 0.6 is 0 Å². The van der Waals surface area contributed by atoms with Crippen molar-refractivity contribution in [1.82, 2.24) is 10.2 Å². The maximum atomic E-state index is 12.3. The van der Waals surface area contributed by atoms with Gasteiger partial charge in [-0.2, -0.15) is 0 Å². The van der Waals surface area contributed by atoms with Gasteiger partial charge >= 0.3 is 6.03 Å². The van der Waals surface area contributed by atoms with Gasteiger partial charge in [0.15, 0.2) is 0 Å². The van der Waals surface area contributed by atoms with Crippen LogP contribution in [0.15, 0.2) is 24.3 Å². The third-order valence-corrected chi connectivity index (χ3v) is 3.80. The zero-order chi connectivity index (χ0) is 15.4. The molecule has 1 aromatic rings. The summed E-state index contributed by atoms with van der Waals surface area (Å²) in [5.41, 5.74) is 7.49. The van der Waals surface area contributed by atoms with Crippen LogP contribution in [0.1, 0.15) is 49.8 Å². The Morgan fingerprint density at radius 3 is 2.43 bits per heavy atom. The highest BCUT2D eigenvalue weighted by molar-refractivity contribution is 6.04. The monoisotopic (exact) mass is 289 g/mol. The van der Waals surface area contributed by atoms with Crippen molar-refractivity contribution in [2.45, 2.75) is 38.6 Å². The number of rotatable bonds is 6. The largest absolute Gasteiger partial charge is 0.330 e. The zero-order valence-corrected chi connectivity index (χ0v) is 12.6. The predicted octanol–water partition coefficient (Wildman–Crippen LogP) is 2.14. The van der Waals surface area contributed by atoms with Crippen LogP contribution in [0.5, 0.6) is 0 Å². The predicted molar refractivity (Wildman–Crippen MR) is 81.8 cm³/mol. The summed E-state index contributed by atoms with van der Waals surface area (Å²) in [5, 5.41) is 2.75. The SMILES string of the molecule is CC(C)c1ccc(C2NC(=O)N(CCCCN)C2=O)cc1. The molecule has 1 unspecified atom stereocenters.